The van der Waals surface area contributed by atoms with Crippen molar-refractivity contribution in [1.82, 2.24) is 9.80 Å². The molecule has 17 heavy (non-hydrogen) atoms. The van der Waals surface area contributed by atoms with Crippen LogP contribution in [0.5, 0.6) is 0 Å². The Bertz CT molecular complexity index is 344. The van der Waals surface area contributed by atoms with Gasteiger partial charge in [0.15, 0.2) is 0 Å². The summed E-state index contributed by atoms with van der Waals surface area (Å²) in [6.07, 6.45) is 5.82. The Balaban J connectivity index is 2.10. The van der Waals surface area contributed by atoms with E-state index in [4.69, 9.17) is 0 Å². The first-order valence-electron chi connectivity index (χ1n) is 6.78. The van der Waals surface area contributed by atoms with E-state index in [9.17, 15) is 0 Å². The number of nitrogens with zero attached hydrogens (tertiary/aromatic N) is 2. The highest BCUT2D eigenvalue weighted by Gasteiger charge is 2.28. The largest absolute Gasteiger partial charge is 0.371 e. The maximum atomic E-state index is 2.60. The van der Waals surface area contributed by atoms with Gasteiger partial charge in [0.05, 0.1) is 0 Å². The van der Waals surface area contributed by atoms with E-state index >= 15 is 0 Å². The lowest BCUT2D eigenvalue weighted by molar-refractivity contribution is 0.139. The Kier molecular flexibility index (Phi) is 3.35. The highest BCUT2D eigenvalue weighted by Crippen LogP contribution is 2.28. The van der Waals surface area contributed by atoms with Gasteiger partial charge in [0.1, 0.15) is 0 Å². The summed E-state index contributed by atoms with van der Waals surface area (Å²) in [5, 5.41) is 0. The Morgan fingerprint density at radius 1 is 1.18 bits per heavy atom. The second kappa shape index (κ2) is 4.49. The SMILES string of the molecule is CC(C)N1C=CC2=C(C1)CN(C(C)(C)C)CC2. The first kappa shape index (κ1) is 12.7. The molecule has 0 saturated heterocycles. The van der Waals surface area contributed by atoms with Crippen molar-refractivity contribution in [3.63, 3.8) is 0 Å². The summed E-state index contributed by atoms with van der Waals surface area (Å²) >= 11 is 0. The lowest BCUT2D eigenvalue weighted by Crippen LogP contribution is -2.47. The molecule has 2 nitrogen and oxygen atoms in total. The van der Waals surface area contributed by atoms with Gasteiger partial charge in [-0.15, -0.1) is 0 Å². The number of allylic oxidation sites excluding steroid dienone is 1. The van der Waals surface area contributed by atoms with Gasteiger partial charge in [-0.2, -0.15) is 0 Å². The van der Waals surface area contributed by atoms with Gasteiger partial charge in [0.25, 0.3) is 0 Å². The molecule has 2 heterocycles. The minimum Gasteiger partial charge on any atom is -0.371 e. The molecule has 0 fully saturated rings. The third-order valence-corrected chi connectivity index (χ3v) is 3.94. The van der Waals surface area contributed by atoms with Crippen LogP contribution in [0.3, 0.4) is 0 Å². The lowest BCUT2D eigenvalue weighted by Gasteiger charge is -2.42. The van der Waals surface area contributed by atoms with Crippen LogP contribution in [0.25, 0.3) is 0 Å². The van der Waals surface area contributed by atoms with Crippen LogP contribution in [-0.2, 0) is 0 Å². The molecule has 0 spiro atoms. The summed E-state index contributed by atoms with van der Waals surface area (Å²) in [4.78, 5) is 5.04. The molecule has 0 N–H and O–H groups in total. The molecule has 2 aliphatic heterocycles. The first-order chi connectivity index (χ1) is 7.88. The molecule has 0 saturated carbocycles. The van der Waals surface area contributed by atoms with Crippen LogP contribution in [0.15, 0.2) is 23.4 Å². The molecule has 2 rings (SSSR count). The van der Waals surface area contributed by atoms with E-state index < -0.39 is 0 Å². The van der Waals surface area contributed by atoms with Crippen molar-refractivity contribution in [3.05, 3.63) is 23.4 Å². The van der Waals surface area contributed by atoms with E-state index in [-0.39, 0.29) is 0 Å². The molecule has 0 aromatic heterocycles. The monoisotopic (exact) mass is 234 g/mol. The van der Waals surface area contributed by atoms with E-state index in [2.05, 4.69) is 56.7 Å². The fourth-order valence-corrected chi connectivity index (χ4v) is 2.58. The summed E-state index contributed by atoms with van der Waals surface area (Å²) in [7, 11) is 0. The van der Waals surface area contributed by atoms with E-state index in [0.717, 1.165) is 13.1 Å². The summed E-state index contributed by atoms with van der Waals surface area (Å²) in [6.45, 7) is 14.9. The fraction of sp³-hybridized carbons (Fsp3) is 0.733. The Morgan fingerprint density at radius 2 is 1.88 bits per heavy atom. The van der Waals surface area contributed by atoms with Crippen molar-refractivity contribution >= 4 is 0 Å². The normalized spacial score (nSPS) is 22.4. The average molecular weight is 234 g/mol. The van der Waals surface area contributed by atoms with E-state index in [1.54, 1.807) is 11.1 Å². The molecule has 0 aromatic carbocycles. The molecule has 0 bridgehead atoms. The molecule has 0 aliphatic carbocycles. The van der Waals surface area contributed by atoms with Crippen molar-refractivity contribution in [2.45, 2.75) is 52.6 Å². The zero-order valence-electron chi connectivity index (χ0n) is 12.0. The summed E-state index contributed by atoms with van der Waals surface area (Å²) in [5.41, 5.74) is 3.51. The van der Waals surface area contributed by atoms with Gasteiger partial charge < -0.3 is 4.90 Å². The second-order valence-corrected chi connectivity index (χ2v) is 6.55. The van der Waals surface area contributed by atoms with Gasteiger partial charge >= 0.3 is 0 Å². The zero-order chi connectivity index (χ0) is 12.6. The third-order valence-electron chi connectivity index (χ3n) is 3.94. The predicted molar refractivity (Wildman–Crippen MR) is 74.0 cm³/mol. The lowest BCUT2D eigenvalue weighted by atomic mass is 9.93. The summed E-state index contributed by atoms with van der Waals surface area (Å²) in [6, 6.07) is 0.602. The van der Waals surface area contributed by atoms with Crippen LogP contribution in [0.4, 0.5) is 0 Å². The van der Waals surface area contributed by atoms with Gasteiger partial charge in [-0.25, -0.2) is 0 Å². The highest BCUT2D eigenvalue weighted by molar-refractivity contribution is 5.33. The van der Waals surface area contributed by atoms with E-state index in [1.807, 2.05) is 0 Å². The van der Waals surface area contributed by atoms with Crippen LogP contribution in [0.2, 0.25) is 0 Å². The molecule has 0 aromatic rings. The fourth-order valence-electron chi connectivity index (χ4n) is 2.58. The molecule has 0 amide bonds. The van der Waals surface area contributed by atoms with E-state index in [1.165, 1.54) is 13.0 Å². The van der Waals surface area contributed by atoms with Crippen LogP contribution >= 0.6 is 0 Å². The predicted octanol–water partition coefficient (Wildman–Crippen LogP) is 3.02. The van der Waals surface area contributed by atoms with Crippen LogP contribution in [-0.4, -0.2) is 41.0 Å². The van der Waals surface area contributed by atoms with Gasteiger partial charge in [-0.3, -0.25) is 4.90 Å². The van der Waals surface area contributed by atoms with Gasteiger partial charge in [-0.05, 0) is 64.5 Å². The number of hydrogen-bond donors (Lipinski definition) is 0. The van der Waals surface area contributed by atoms with Crippen molar-refractivity contribution in [3.8, 4) is 0 Å². The molecular formula is C15H26N2. The smallest absolute Gasteiger partial charge is 0.0404 e. The Hall–Kier alpha value is -0.760. The molecule has 0 atom stereocenters. The molecule has 2 heteroatoms. The molecule has 96 valence electrons. The summed E-state index contributed by atoms with van der Waals surface area (Å²) < 4.78 is 0. The molecular weight excluding hydrogens is 208 g/mol. The average Bonchev–Trinajstić information content (AvgIpc) is 2.26. The van der Waals surface area contributed by atoms with Crippen molar-refractivity contribution in [2.24, 2.45) is 0 Å². The maximum Gasteiger partial charge on any atom is 0.0404 e. The van der Waals surface area contributed by atoms with Gasteiger partial charge in [0, 0.05) is 31.2 Å². The van der Waals surface area contributed by atoms with Gasteiger partial charge in [-0.1, -0.05) is 0 Å². The third kappa shape index (κ3) is 2.74. The topological polar surface area (TPSA) is 6.48 Å². The second-order valence-electron chi connectivity index (χ2n) is 6.55. The van der Waals surface area contributed by atoms with Crippen LogP contribution in [0, 0.1) is 0 Å². The van der Waals surface area contributed by atoms with Crippen LogP contribution in [0.1, 0.15) is 41.0 Å². The Morgan fingerprint density at radius 3 is 2.47 bits per heavy atom. The zero-order valence-corrected chi connectivity index (χ0v) is 12.0. The molecule has 2 aliphatic rings. The molecule has 0 unspecified atom stereocenters. The highest BCUT2D eigenvalue weighted by atomic mass is 15.2. The standard InChI is InChI=1S/C15H26N2/c1-12(2)16-8-6-13-7-9-17(15(3,4)5)11-14(13)10-16/h6,8,12H,7,9-11H2,1-5H3. The summed E-state index contributed by atoms with van der Waals surface area (Å²) in [5.74, 6) is 0. The number of rotatable bonds is 1. The van der Waals surface area contributed by atoms with Crippen molar-refractivity contribution in [1.29, 1.82) is 0 Å². The van der Waals surface area contributed by atoms with Crippen LogP contribution < -0.4 is 0 Å². The Labute approximate surface area is 106 Å². The maximum absolute atomic E-state index is 2.60. The van der Waals surface area contributed by atoms with E-state index in [0.29, 0.717) is 11.6 Å². The minimum atomic E-state index is 0.294. The molecule has 0 radical (unpaired) electrons. The number of hydrogen-bond acceptors (Lipinski definition) is 2. The minimum absolute atomic E-state index is 0.294. The van der Waals surface area contributed by atoms with Crippen molar-refractivity contribution in [2.75, 3.05) is 19.6 Å². The quantitative estimate of drug-likeness (QED) is 0.688. The van der Waals surface area contributed by atoms with Crippen molar-refractivity contribution < 1.29 is 0 Å². The van der Waals surface area contributed by atoms with Gasteiger partial charge in [0.2, 0.25) is 0 Å². The first-order valence-corrected chi connectivity index (χ1v) is 6.78.